The molecule has 0 saturated heterocycles. The van der Waals surface area contributed by atoms with Crippen LogP contribution in [0.25, 0.3) is 0 Å². The zero-order valence-corrected chi connectivity index (χ0v) is 18.4. The van der Waals surface area contributed by atoms with Gasteiger partial charge in [-0.2, -0.15) is 13.2 Å². The molecule has 0 amide bonds. The number of nitrogens with zero attached hydrogens (tertiary/aromatic N) is 1. The number of Topliss-reactive ketones (excluding diaryl/α,β-unsaturated/α-hetero) is 2. The van der Waals surface area contributed by atoms with Crippen LogP contribution in [0.1, 0.15) is 34.2 Å². The monoisotopic (exact) mass is 492 g/mol. The minimum absolute atomic E-state index is 0.0287. The van der Waals surface area contributed by atoms with Gasteiger partial charge in [0.25, 0.3) is 0 Å². The zero-order valence-electron chi connectivity index (χ0n) is 15.3. The summed E-state index contributed by atoms with van der Waals surface area (Å²) >= 11 is 13.1. The number of hydrogen-bond acceptors (Lipinski definition) is 6. The third kappa shape index (κ3) is 4.96. The summed E-state index contributed by atoms with van der Waals surface area (Å²) in [4.78, 5) is 30.0. The van der Waals surface area contributed by atoms with Crippen LogP contribution in [-0.2, 0) is 0 Å². The van der Waals surface area contributed by atoms with Crippen LogP contribution in [0.3, 0.4) is 0 Å². The fourth-order valence-corrected chi connectivity index (χ4v) is 4.93. The predicted molar refractivity (Wildman–Crippen MR) is 115 cm³/mol. The highest BCUT2D eigenvalue weighted by atomic mass is 35.5. The molecule has 0 fully saturated rings. The number of carbonyl (C=O) groups excluding carboxylic acids is 2. The molecule has 1 aliphatic rings. The molecule has 1 aromatic heterocycles. The lowest BCUT2D eigenvalue weighted by Crippen LogP contribution is -2.26. The zero-order chi connectivity index (χ0) is 22.1. The molecular weight excluding hydrogens is 480 g/mol. The van der Waals surface area contributed by atoms with Gasteiger partial charge in [-0.15, -0.1) is 11.8 Å². The van der Waals surface area contributed by atoms with Gasteiger partial charge in [0.2, 0.25) is 11.6 Å². The predicted octanol–water partition coefficient (Wildman–Crippen LogP) is 6.85. The van der Waals surface area contributed by atoms with Gasteiger partial charge in [-0.3, -0.25) is 14.6 Å². The Morgan fingerprint density at radius 1 is 1.13 bits per heavy atom. The Hall–Kier alpha value is -1.68. The summed E-state index contributed by atoms with van der Waals surface area (Å²) in [6.45, 7) is 1.92. The summed E-state index contributed by atoms with van der Waals surface area (Å²) in [5.41, 5.74) is -4.30. The number of nitrogens with one attached hydrogen (secondary N) is 1. The summed E-state index contributed by atoms with van der Waals surface area (Å²) in [7, 11) is 0. The van der Waals surface area contributed by atoms with Gasteiger partial charge < -0.3 is 5.32 Å². The summed E-state index contributed by atoms with van der Waals surface area (Å²) < 4.78 is 37.9. The van der Waals surface area contributed by atoms with E-state index < -0.39 is 17.1 Å². The minimum Gasteiger partial charge on any atom is -0.349 e. The molecule has 1 aliphatic carbocycles. The second-order valence-electron chi connectivity index (χ2n) is 6.05. The highest BCUT2D eigenvalue weighted by Crippen LogP contribution is 2.43. The quantitative estimate of drug-likeness (QED) is 0.445. The van der Waals surface area contributed by atoms with Gasteiger partial charge in [-0.05, 0) is 48.2 Å². The maximum atomic E-state index is 13.1. The minimum atomic E-state index is -4.50. The number of allylic oxidation sites excluding steroid dienone is 2. The number of rotatable bonds is 6. The number of carbonyl (C=O) groups is 2. The van der Waals surface area contributed by atoms with Gasteiger partial charge >= 0.3 is 5.51 Å². The number of halogens is 5. The van der Waals surface area contributed by atoms with Gasteiger partial charge in [0.1, 0.15) is 11.4 Å². The van der Waals surface area contributed by atoms with E-state index in [1.165, 1.54) is 30.1 Å². The van der Waals surface area contributed by atoms with E-state index in [0.717, 1.165) is 18.6 Å². The fraction of sp³-hybridized carbons (Fsp3) is 0.211. The molecule has 0 atom stereocenters. The standard InChI is InChI=1S/C19H13Cl2F3N2O2S2/c1-2-6-29-18-15(16(27)10-4-3-5-25-13(10)17(18)28)26-14-11(20)7-9(8-12(14)21)30-19(22,23)24/h3-5,7-8,26H,2,6H2,1H3. The first-order valence-corrected chi connectivity index (χ1v) is 11.1. The van der Waals surface area contributed by atoms with Crippen LogP contribution in [0.2, 0.25) is 10.0 Å². The second kappa shape index (κ2) is 9.21. The lowest BCUT2D eigenvalue weighted by Gasteiger charge is -2.22. The van der Waals surface area contributed by atoms with Crippen molar-refractivity contribution in [3.63, 3.8) is 0 Å². The van der Waals surface area contributed by atoms with Crippen LogP contribution in [-0.4, -0.2) is 27.8 Å². The fourth-order valence-electron chi connectivity index (χ4n) is 2.67. The van der Waals surface area contributed by atoms with E-state index in [1.54, 1.807) is 0 Å². The number of fused-ring (bicyclic) bond motifs is 1. The summed E-state index contributed by atoms with van der Waals surface area (Å²) in [5, 5.41) is 2.57. The average Bonchev–Trinajstić information content (AvgIpc) is 2.66. The number of thioether (sulfide) groups is 2. The van der Waals surface area contributed by atoms with Crippen LogP contribution in [0.15, 0.2) is 46.0 Å². The molecule has 2 aromatic rings. The number of ketones is 2. The van der Waals surface area contributed by atoms with E-state index in [4.69, 9.17) is 23.2 Å². The van der Waals surface area contributed by atoms with Crippen LogP contribution in [0, 0.1) is 0 Å². The molecule has 0 radical (unpaired) electrons. The molecule has 158 valence electrons. The first kappa shape index (κ1) is 23.0. The van der Waals surface area contributed by atoms with Gasteiger partial charge in [0.15, 0.2) is 0 Å². The number of anilines is 1. The van der Waals surface area contributed by atoms with E-state index >= 15 is 0 Å². The van der Waals surface area contributed by atoms with Crippen molar-refractivity contribution in [1.29, 1.82) is 0 Å². The average molecular weight is 493 g/mol. The van der Waals surface area contributed by atoms with Crippen molar-refractivity contribution in [3.05, 3.63) is 62.4 Å². The molecule has 1 aromatic carbocycles. The summed E-state index contributed by atoms with van der Waals surface area (Å²) in [5.74, 6) is -0.315. The van der Waals surface area contributed by atoms with Gasteiger partial charge in [0.05, 0.1) is 26.2 Å². The Bertz CT molecular complexity index is 1040. The van der Waals surface area contributed by atoms with Crippen molar-refractivity contribution in [2.75, 3.05) is 11.1 Å². The van der Waals surface area contributed by atoms with E-state index in [0.29, 0.717) is 5.75 Å². The largest absolute Gasteiger partial charge is 0.446 e. The lowest BCUT2D eigenvalue weighted by molar-refractivity contribution is -0.0328. The van der Waals surface area contributed by atoms with Crippen molar-refractivity contribution < 1.29 is 22.8 Å². The molecular formula is C19H13Cl2F3N2O2S2. The van der Waals surface area contributed by atoms with Gasteiger partial charge in [-0.1, -0.05) is 30.1 Å². The molecule has 0 saturated carbocycles. The van der Waals surface area contributed by atoms with Crippen molar-refractivity contribution in [3.8, 4) is 0 Å². The third-order valence-electron chi connectivity index (χ3n) is 3.88. The van der Waals surface area contributed by atoms with Crippen LogP contribution >= 0.6 is 46.7 Å². The Kier molecular flexibility index (Phi) is 7.06. The maximum absolute atomic E-state index is 13.1. The molecule has 1 heterocycles. The smallest absolute Gasteiger partial charge is 0.349 e. The van der Waals surface area contributed by atoms with Crippen molar-refractivity contribution in [2.45, 2.75) is 23.7 Å². The molecule has 0 aliphatic heterocycles. The Balaban J connectivity index is 2.04. The molecule has 30 heavy (non-hydrogen) atoms. The summed E-state index contributed by atoms with van der Waals surface area (Å²) in [6, 6.07) is 5.21. The highest BCUT2D eigenvalue weighted by molar-refractivity contribution is 8.04. The lowest BCUT2D eigenvalue weighted by atomic mass is 9.96. The maximum Gasteiger partial charge on any atom is 0.446 e. The summed E-state index contributed by atoms with van der Waals surface area (Å²) in [6.07, 6.45) is 2.18. The molecule has 3 rings (SSSR count). The van der Waals surface area contributed by atoms with Crippen molar-refractivity contribution in [1.82, 2.24) is 4.98 Å². The number of benzene rings is 1. The molecule has 0 unspecified atom stereocenters. The Morgan fingerprint density at radius 2 is 1.80 bits per heavy atom. The van der Waals surface area contributed by atoms with Crippen LogP contribution in [0.4, 0.5) is 18.9 Å². The number of hydrogen-bond donors (Lipinski definition) is 1. The third-order valence-corrected chi connectivity index (χ3v) is 6.47. The SMILES string of the molecule is CCCSC1=C(Nc2c(Cl)cc(SC(F)(F)F)cc2Cl)C(=O)c2cccnc2C1=O. The normalized spacial score (nSPS) is 14.2. The molecule has 0 spiro atoms. The van der Waals surface area contributed by atoms with E-state index in [9.17, 15) is 22.8 Å². The first-order chi connectivity index (χ1) is 14.1. The Morgan fingerprint density at radius 3 is 2.40 bits per heavy atom. The van der Waals surface area contributed by atoms with Gasteiger partial charge in [-0.25, -0.2) is 0 Å². The van der Waals surface area contributed by atoms with E-state index in [2.05, 4.69) is 10.3 Å². The number of alkyl halides is 3. The first-order valence-electron chi connectivity index (χ1n) is 8.55. The van der Waals surface area contributed by atoms with E-state index in [-0.39, 0.29) is 54.2 Å². The van der Waals surface area contributed by atoms with Crippen molar-refractivity contribution >= 4 is 64.0 Å². The van der Waals surface area contributed by atoms with Crippen LogP contribution < -0.4 is 5.32 Å². The second-order valence-corrected chi connectivity index (χ2v) is 9.10. The molecule has 1 N–H and O–H groups in total. The highest BCUT2D eigenvalue weighted by Gasteiger charge is 2.34. The molecule has 0 bridgehead atoms. The number of aromatic nitrogens is 1. The number of pyridine rings is 1. The molecule has 11 heteroatoms. The molecule has 4 nitrogen and oxygen atoms in total. The van der Waals surface area contributed by atoms with Crippen molar-refractivity contribution in [2.24, 2.45) is 0 Å². The van der Waals surface area contributed by atoms with Gasteiger partial charge in [0, 0.05) is 11.1 Å². The topological polar surface area (TPSA) is 59.1 Å². The Labute approximate surface area is 188 Å². The van der Waals surface area contributed by atoms with E-state index in [1.807, 2.05) is 6.92 Å². The van der Waals surface area contributed by atoms with Crippen LogP contribution in [0.5, 0.6) is 0 Å².